The van der Waals surface area contributed by atoms with Crippen molar-refractivity contribution in [2.24, 2.45) is 5.92 Å². The summed E-state index contributed by atoms with van der Waals surface area (Å²) in [5.41, 5.74) is 0. The minimum atomic E-state index is 0.255. The minimum Gasteiger partial charge on any atom is -0.481 e. The van der Waals surface area contributed by atoms with Gasteiger partial charge in [0.1, 0.15) is 6.10 Å². The van der Waals surface area contributed by atoms with Crippen LogP contribution in [0.15, 0.2) is 12.3 Å². The van der Waals surface area contributed by atoms with E-state index < -0.39 is 0 Å². The molecule has 0 radical (unpaired) electrons. The molecule has 1 N–H and O–H groups in total. The molecule has 0 saturated heterocycles. The van der Waals surface area contributed by atoms with E-state index in [1.807, 2.05) is 7.05 Å². The van der Waals surface area contributed by atoms with Crippen molar-refractivity contribution in [2.45, 2.75) is 18.9 Å². The Bertz CT molecular complexity index is 340. The van der Waals surface area contributed by atoms with Gasteiger partial charge in [0.25, 0.3) is 0 Å². The number of methoxy groups -OCH3 is 1. The van der Waals surface area contributed by atoms with E-state index in [4.69, 9.17) is 9.47 Å². The summed E-state index contributed by atoms with van der Waals surface area (Å²) < 4.78 is 10.6. The maximum Gasteiger partial charge on any atom is 0.319 e. The predicted molar refractivity (Wildman–Crippen MR) is 59.7 cm³/mol. The van der Waals surface area contributed by atoms with Crippen LogP contribution in [0.5, 0.6) is 11.9 Å². The largest absolute Gasteiger partial charge is 0.481 e. The van der Waals surface area contributed by atoms with Gasteiger partial charge in [-0.25, -0.2) is 4.98 Å². The Balaban J connectivity index is 1.82. The molecular formula is C11H17N3O2. The number of hydrogen-bond acceptors (Lipinski definition) is 5. The van der Waals surface area contributed by atoms with Crippen LogP contribution < -0.4 is 14.8 Å². The van der Waals surface area contributed by atoms with Crippen LogP contribution in [-0.4, -0.2) is 36.8 Å². The minimum absolute atomic E-state index is 0.255. The van der Waals surface area contributed by atoms with Crippen molar-refractivity contribution in [3.63, 3.8) is 0 Å². The molecule has 1 fully saturated rings. The second-order valence-corrected chi connectivity index (χ2v) is 4.02. The van der Waals surface area contributed by atoms with Crippen molar-refractivity contribution in [1.29, 1.82) is 0 Å². The quantitative estimate of drug-likeness (QED) is 0.802. The lowest BCUT2D eigenvalue weighted by atomic mass is 9.82. The third-order valence-electron chi connectivity index (χ3n) is 2.77. The van der Waals surface area contributed by atoms with Gasteiger partial charge in [-0.2, -0.15) is 4.98 Å². The van der Waals surface area contributed by atoms with Crippen molar-refractivity contribution in [2.75, 3.05) is 20.7 Å². The van der Waals surface area contributed by atoms with Crippen molar-refractivity contribution in [3.05, 3.63) is 12.3 Å². The lowest BCUT2D eigenvalue weighted by Crippen LogP contribution is -2.38. The Hall–Kier alpha value is -1.36. The Morgan fingerprint density at radius 3 is 3.00 bits per heavy atom. The van der Waals surface area contributed by atoms with Crippen LogP contribution in [0, 0.1) is 5.92 Å². The molecule has 0 bridgehead atoms. The first-order valence-corrected chi connectivity index (χ1v) is 5.50. The molecule has 0 atom stereocenters. The first-order valence-electron chi connectivity index (χ1n) is 5.50. The Kier molecular flexibility index (Phi) is 3.56. The molecule has 0 spiro atoms. The van der Waals surface area contributed by atoms with Crippen LogP contribution in [0.4, 0.5) is 0 Å². The zero-order valence-electron chi connectivity index (χ0n) is 9.64. The fourth-order valence-electron chi connectivity index (χ4n) is 1.87. The monoisotopic (exact) mass is 223 g/mol. The molecule has 5 heteroatoms. The molecule has 0 unspecified atom stereocenters. The van der Waals surface area contributed by atoms with Gasteiger partial charge in [0.15, 0.2) is 0 Å². The average molecular weight is 223 g/mol. The molecule has 1 aromatic heterocycles. The molecule has 1 aromatic rings. The van der Waals surface area contributed by atoms with Crippen LogP contribution in [0.25, 0.3) is 0 Å². The molecule has 1 saturated carbocycles. The summed E-state index contributed by atoms with van der Waals surface area (Å²) in [7, 11) is 3.55. The summed E-state index contributed by atoms with van der Waals surface area (Å²) in [5, 5.41) is 3.17. The molecule has 1 heterocycles. The highest BCUT2D eigenvalue weighted by Crippen LogP contribution is 2.29. The molecule has 88 valence electrons. The molecule has 0 aromatic carbocycles. The predicted octanol–water partition coefficient (Wildman–Crippen LogP) is 0.862. The lowest BCUT2D eigenvalue weighted by Gasteiger charge is -2.34. The maximum absolute atomic E-state index is 5.64. The summed E-state index contributed by atoms with van der Waals surface area (Å²) in [6.07, 6.45) is 4.04. The normalized spacial score (nSPS) is 23.6. The lowest BCUT2D eigenvalue weighted by molar-refractivity contribution is 0.0567. The summed E-state index contributed by atoms with van der Waals surface area (Å²) in [5.74, 6) is 1.26. The highest BCUT2D eigenvalue weighted by Gasteiger charge is 2.30. The van der Waals surface area contributed by atoms with E-state index in [0.29, 0.717) is 11.9 Å². The summed E-state index contributed by atoms with van der Waals surface area (Å²) >= 11 is 0. The fourth-order valence-corrected chi connectivity index (χ4v) is 1.87. The Labute approximate surface area is 95.2 Å². The number of hydrogen-bond donors (Lipinski definition) is 1. The summed E-state index contributed by atoms with van der Waals surface area (Å²) in [6, 6.07) is 2.12. The van der Waals surface area contributed by atoms with Gasteiger partial charge >= 0.3 is 6.01 Å². The van der Waals surface area contributed by atoms with Gasteiger partial charge < -0.3 is 14.8 Å². The van der Waals surface area contributed by atoms with E-state index in [2.05, 4.69) is 15.3 Å². The van der Waals surface area contributed by atoms with E-state index in [-0.39, 0.29) is 6.10 Å². The van der Waals surface area contributed by atoms with Crippen molar-refractivity contribution in [1.82, 2.24) is 15.3 Å². The van der Waals surface area contributed by atoms with Gasteiger partial charge in [-0.3, -0.25) is 0 Å². The molecule has 16 heavy (non-hydrogen) atoms. The van der Waals surface area contributed by atoms with E-state index in [1.165, 1.54) is 0 Å². The third kappa shape index (κ3) is 2.61. The van der Waals surface area contributed by atoms with Crippen LogP contribution in [-0.2, 0) is 0 Å². The average Bonchev–Trinajstić information content (AvgIpc) is 2.27. The van der Waals surface area contributed by atoms with E-state index in [0.717, 1.165) is 25.3 Å². The second kappa shape index (κ2) is 5.12. The van der Waals surface area contributed by atoms with E-state index in [1.54, 1.807) is 19.4 Å². The summed E-state index contributed by atoms with van der Waals surface area (Å²) in [4.78, 5) is 8.16. The van der Waals surface area contributed by atoms with Crippen molar-refractivity contribution in [3.8, 4) is 11.9 Å². The number of nitrogens with one attached hydrogen (secondary N) is 1. The fraction of sp³-hybridized carbons (Fsp3) is 0.636. The van der Waals surface area contributed by atoms with Gasteiger partial charge in [0.05, 0.1) is 7.11 Å². The SMILES string of the molecule is CNCC1CC(Oc2nccc(OC)n2)C1. The standard InChI is InChI=1S/C11H17N3O2/c1-12-7-8-5-9(6-8)16-11-13-4-3-10(14-11)15-2/h3-4,8-9,12H,5-7H2,1-2H3. The van der Waals surface area contributed by atoms with Crippen LogP contribution in [0.3, 0.4) is 0 Å². The number of aromatic nitrogens is 2. The zero-order chi connectivity index (χ0) is 11.4. The topological polar surface area (TPSA) is 56.3 Å². The second-order valence-electron chi connectivity index (χ2n) is 4.02. The number of rotatable bonds is 5. The first-order chi connectivity index (χ1) is 7.81. The van der Waals surface area contributed by atoms with Gasteiger partial charge in [-0.1, -0.05) is 0 Å². The smallest absolute Gasteiger partial charge is 0.319 e. The summed E-state index contributed by atoms with van der Waals surface area (Å²) in [6.45, 7) is 1.05. The van der Waals surface area contributed by atoms with Gasteiger partial charge in [0.2, 0.25) is 5.88 Å². The molecule has 2 rings (SSSR count). The van der Waals surface area contributed by atoms with E-state index in [9.17, 15) is 0 Å². The van der Waals surface area contributed by atoms with Crippen LogP contribution in [0.2, 0.25) is 0 Å². The van der Waals surface area contributed by atoms with Crippen molar-refractivity contribution >= 4 is 0 Å². The molecule has 0 aliphatic heterocycles. The van der Waals surface area contributed by atoms with Crippen LogP contribution >= 0.6 is 0 Å². The number of nitrogens with zero attached hydrogens (tertiary/aromatic N) is 2. The molecule has 1 aliphatic carbocycles. The van der Waals surface area contributed by atoms with Crippen LogP contribution in [0.1, 0.15) is 12.8 Å². The molecular weight excluding hydrogens is 206 g/mol. The van der Waals surface area contributed by atoms with Crippen molar-refractivity contribution < 1.29 is 9.47 Å². The molecule has 5 nitrogen and oxygen atoms in total. The van der Waals surface area contributed by atoms with Gasteiger partial charge in [-0.15, -0.1) is 0 Å². The maximum atomic E-state index is 5.64. The Morgan fingerprint density at radius 1 is 1.50 bits per heavy atom. The number of ether oxygens (including phenoxy) is 2. The first kappa shape index (κ1) is 11.1. The zero-order valence-corrected chi connectivity index (χ0v) is 9.64. The van der Waals surface area contributed by atoms with E-state index >= 15 is 0 Å². The van der Waals surface area contributed by atoms with Gasteiger partial charge in [0, 0.05) is 12.3 Å². The Morgan fingerprint density at radius 2 is 2.31 bits per heavy atom. The third-order valence-corrected chi connectivity index (χ3v) is 2.77. The molecule has 0 amide bonds. The highest BCUT2D eigenvalue weighted by molar-refractivity contribution is 5.11. The van der Waals surface area contributed by atoms with Gasteiger partial charge in [-0.05, 0) is 32.4 Å². The molecule has 1 aliphatic rings. The highest BCUT2D eigenvalue weighted by atomic mass is 16.5.